The maximum atomic E-state index is 5.73. The van der Waals surface area contributed by atoms with Gasteiger partial charge in [-0.15, -0.1) is 0 Å². The molecule has 0 spiro atoms. The smallest absolute Gasteiger partial charge is 1.00 e. The van der Waals surface area contributed by atoms with Gasteiger partial charge in [-0.25, -0.2) is 0 Å². The van der Waals surface area contributed by atoms with Gasteiger partial charge < -0.3 is 124 Å². The maximum absolute atomic E-state index is 5.73. The molecule has 0 saturated carbocycles. The van der Waals surface area contributed by atoms with Crippen LogP contribution in [-0.2, 0) is 56.8 Å². The molecule has 6 saturated heterocycles. The van der Waals surface area contributed by atoms with Gasteiger partial charge >= 0.3 is 116 Å². The van der Waals surface area contributed by atoms with Crippen molar-refractivity contribution in [3.63, 3.8) is 0 Å². The Kier molecular flexibility index (Phi) is 81.6. The molecule has 28 heteroatoms. The first kappa shape index (κ1) is 84.2. The van der Waals surface area contributed by atoms with E-state index in [0.29, 0.717) is 79.3 Å². The molecule has 0 aromatic rings. The van der Waals surface area contributed by atoms with E-state index in [2.05, 4.69) is 181 Å². The average Bonchev–Trinajstić information content (AvgIpc) is 3.27. The zero-order valence-electron chi connectivity index (χ0n) is 40.1. The fraction of sp³-hybridized carbons (Fsp3) is 0.900. The van der Waals surface area contributed by atoms with Gasteiger partial charge in [0.15, 0.2) is 0 Å². The van der Waals surface area contributed by atoms with Crippen LogP contribution >= 0.6 is 181 Å². The van der Waals surface area contributed by atoms with Gasteiger partial charge in [0.2, 0.25) is 0 Å². The number of quaternary nitrogens is 4. The van der Waals surface area contributed by atoms with Gasteiger partial charge in [-0.1, -0.05) is 0 Å². The summed E-state index contributed by atoms with van der Waals surface area (Å²) in [6.07, 6.45) is 0. The first-order valence-electron chi connectivity index (χ1n) is 22.2. The van der Waals surface area contributed by atoms with E-state index in [4.69, 9.17) is 56.8 Å². The molecule has 0 amide bonds. The standard InChI is InChI=1S/2C18H36N2O6.2C2I4.2HI.2Rb/c2*1-7-21-13-14-24-10-4-20-5-11-25-17-15-22-8-2-19(1)3-9-23-16-18-26-12-6-20;2*3-1(4)2(5)6;;;;/h2*1-18H2;;;2*1H;;/q;;;;;;2*+1/p+2. The molecule has 6 aliphatic heterocycles. The normalized spacial score (nSPS) is 24.7. The summed E-state index contributed by atoms with van der Waals surface area (Å²) in [5.74, 6) is 0. The molecule has 0 unspecified atom stereocenters. The third-order valence-corrected chi connectivity index (χ3v) is 22.3. The number of hydrogen-bond acceptors (Lipinski definition) is 12. The molecule has 6 heterocycles. The molecule has 6 aliphatic rings. The summed E-state index contributed by atoms with van der Waals surface area (Å²) in [7, 11) is 0. The number of rotatable bonds is 0. The van der Waals surface area contributed by atoms with Crippen molar-refractivity contribution >= 4 is 181 Å². The first-order valence-corrected chi connectivity index (χ1v) is 30.8. The van der Waals surface area contributed by atoms with Crippen LogP contribution in [0, 0.1) is 0 Å². The Morgan fingerprint density at radius 3 is 0.353 bits per heavy atom. The predicted octanol–water partition coefficient (Wildman–Crippen LogP) is -10.5. The number of hydrogen-bond donors (Lipinski definition) is 4. The van der Waals surface area contributed by atoms with Gasteiger partial charge in [-0.2, -0.15) is 0 Å². The first-order chi connectivity index (χ1) is 31.2. The molecule has 4 N–H and O–H groups in total. The fourth-order valence-corrected chi connectivity index (χ4v) is 6.03. The third-order valence-electron chi connectivity index (χ3n) is 9.72. The second-order valence-corrected chi connectivity index (χ2v) is 31.3. The van der Waals surface area contributed by atoms with Crippen LogP contribution in [0.2, 0.25) is 0 Å². The summed E-state index contributed by atoms with van der Waals surface area (Å²) in [4.78, 5) is 5.76. The Bertz CT molecular complexity index is 868. The van der Waals surface area contributed by atoms with Gasteiger partial charge in [-0.3, -0.25) is 0 Å². The molecule has 6 rings (SSSR count). The van der Waals surface area contributed by atoms with Crippen molar-refractivity contribution in [3.8, 4) is 0 Å². The predicted molar refractivity (Wildman–Crippen MR) is 318 cm³/mol. The summed E-state index contributed by atoms with van der Waals surface area (Å²) in [6.45, 7) is 28.2. The Balaban J connectivity index is -0.000000463. The van der Waals surface area contributed by atoms with Crippen molar-refractivity contribution in [2.45, 2.75) is 0 Å². The van der Waals surface area contributed by atoms with Crippen LogP contribution in [-0.4, -0.2) is 237 Å². The van der Waals surface area contributed by atoms with Crippen LogP contribution < -0.4 is 184 Å². The van der Waals surface area contributed by atoms with Crippen LogP contribution in [0.1, 0.15) is 0 Å². The second kappa shape index (κ2) is 65.9. The van der Waals surface area contributed by atoms with E-state index < -0.39 is 0 Å². The van der Waals surface area contributed by atoms with E-state index in [9.17, 15) is 0 Å². The minimum atomic E-state index is 0. The summed E-state index contributed by atoms with van der Waals surface area (Å²) in [5.41, 5.74) is 0. The number of ether oxygens (including phenoxy) is 12. The average molecular weight is 2250 g/mol. The van der Waals surface area contributed by atoms with Crippen LogP contribution in [0.4, 0.5) is 0 Å². The molecule has 4 bridgehead atoms. The van der Waals surface area contributed by atoms with Gasteiger partial charge in [0.25, 0.3) is 0 Å². The van der Waals surface area contributed by atoms with Crippen molar-refractivity contribution in [2.24, 2.45) is 0 Å². The van der Waals surface area contributed by atoms with Crippen LogP contribution in [0.3, 0.4) is 0 Å². The fourth-order valence-electron chi connectivity index (χ4n) is 6.03. The van der Waals surface area contributed by atoms with Crippen molar-refractivity contribution in [1.82, 2.24) is 0 Å². The largest absolute Gasteiger partial charge is 1.00 e. The molecule has 16 nitrogen and oxygen atoms in total. The molecule has 0 aromatic carbocycles. The topological polar surface area (TPSA) is 129 Å². The summed E-state index contributed by atoms with van der Waals surface area (Å²) in [6, 6.07) is 0. The van der Waals surface area contributed by atoms with E-state index in [-0.39, 0.29) is 164 Å². The summed E-state index contributed by atoms with van der Waals surface area (Å²) >= 11 is 18.3. The maximum Gasteiger partial charge on any atom is 1.00 e. The van der Waals surface area contributed by atoms with E-state index in [1.54, 1.807) is 0 Å². The molecule has 68 heavy (non-hydrogen) atoms. The van der Waals surface area contributed by atoms with Crippen LogP contribution in [0.25, 0.3) is 0 Å². The zero-order chi connectivity index (χ0) is 46.6. The molecule has 6 fully saturated rings. The van der Waals surface area contributed by atoms with Crippen LogP contribution in [0.15, 0.2) is 6.35 Å². The third kappa shape index (κ3) is 60.3. The van der Waals surface area contributed by atoms with Crippen molar-refractivity contribution in [1.29, 1.82) is 0 Å². The Hall–Kier alpha value is 9.75. The van der Waals surface area contributed by atoms with E-state index in [1.807, 2.05) is 0 Å². The Morgan fingerprint density at radius 1 is 0.191 bits per heavy atom. The van der Waals surface area contributed by atoms with Crippen molar-refractivity contribution in [2.75, 3.05) is 237 Å². The van der Waals surface area contributed by atoms with Crippen molar-refractivity contribution < 1.29 is 241 Å². The van der Waals surface area contributed by atoms with Gasteiger partial charge in [0.05, 0.1) is 165 Å². The number of fused-ring (bicyclic) bond motifs is 42. The minimum Gasteiger partial charge on any atom is -1.00 e. The monoisotopic (exact) mass is 2240 g/mol. The SMILES string of the molecule is C1COCC[NH+]2CCOCCOCC[NH+](CCO1)CCOCCOCC2.C1COCC[NH+]2CCOCCOCC[NH+](CCO1)CCOCCOCC2.IC(I)=C(I)I.IC(I)=C(I)I.[I-].[I-].[Rb+].[Rb+]. The van der Waals surface area contributed by atoms with Crippen LogP contribution in [0.5, 0.6) is 0 Å². The van der Waals surface area contributed by atoms with Gasteiger partial charge in [0, 0.05) is 0 Å². The van der Waals surface area contributed by atoms with E-state index in [1.165, 1.54) is 25.9 Å². The molecular weight excluding hydrogens is 2170 g/mol. The molecular formula is C40H76I10N4O12Rb2+4. The number of halogens is 10. The molecule has 0 aromatic heterocycles. The van der Waals surface area contributed by atoms with Gasteiger partial charge in [-0.05, 0) is 181 Å². The number of nitrogens with one attached hydrogen (secondary N) is 4. The van der Waals surface area contributed by atoms with Gasteiger partial charge in [0.1, 0.15) is 78.5 Å². The van der Waals surface area contributed by atoms with Crippen molar-refractivity contribution in [3.05, 3.63) is 6.35 Å². The zero-order valence-corrected chi connectivity index (χ0v) is 71.5. The molecule has 0 aliphatic carbocycles. The molecule has 396 valence electrons. The molecule has 0 atom stereocenters. The van der Waals surface area contributed by atoms with E-state index >= 15 is 0 Å². The Labute approximate surface area is 650 Å². The van der Waals surface area contributed by atoms with E-state index in [0.717, 1.165) is 158 Å². The Morgan fingerprint density at radius 2 is 0.279 bits per heavy atom. The minimum absolute atomic E-state index is 0. The summed E-state index contributed by atoms with van der Waals surface area (Å²) < 4.78 is 74.1. The quantitative estimate of drug-likeness (QED) is 0.172. The molecule has 0 radical (unpaired) electrons. The second-order valence-electron chi connectivity index (χ2n) is 14.4. The summed E-state index contributed by atoms with van der Waals surface area (Å²) in [5, 5.41) is 0.